The Morgan fingerprint density at radius 1 is 1.14 bits per heavy atom. The number of methoxy groups -OCH3 is 1. The van der Waals surface area contributed by atoms with E-state index < -0.39 is 0 Å². The molecule has 3 aromatic heterocycles. The van der Waals surface area contributed by atoms with Crippen molar-refractivity contribution in [2.75, 3.05) is 30.4 Å². The zero-order chi connectivity index (χ0) is 19.1. The van der Waals surface area contributed by atoms with E-state index in [0.717, 1.165) is 48.2 Å². The van der Waals surface area contributed by atoms with Crippen molar-refractivity contribution in [1.82, 2.24) is 15.0 Å². The Kier molecular flexibility index (Phi) is 4.64. The van der Waals surface area contributed by atoms with Gasteiger partial charge in [-0.15, -0.1) is 11.3 Å². The number of fused-ring (bicyclic) bond motifs is 2. The first-order valence-electron chi connectivity index (χ1n) is 9.88. The number of thiophene rings is 1. The number of hydrogen-bond acceptors (Lipinski definition) is 7. The van der Waals surface area contributed by atoms with Crippen LogP contribution in [0.3, 0.4) is 0 Å². The van der Waals surface area contributed by atoms with Gasteiger partial charge in [0.15, 0.2) is 0 Å². The minimum absolute atomic E-state index is 0.205. The van der Waals surface area contributed by atoms with Crippen LogP contribution in [0.1, 0.15) is 18.7 Å². The largest absolute Gasteiger partial charge is 0.379 e. The minimum atomic E-state index is 0.205. The average Bonchev–Trinajstić information content (AvgIpc) is 3.33. The van der Waals surface area contributed by atoms with Gasteiger partial charge < -0.3 is 15.0 Å². The number of nitrogens with zero attached hydrogens (tertiary/aromatic N) is 4. The molecule has 4 heterocycles. The summed E-state index contributed by atoms with van der Waals surface area (Å²) in [5.74, 6) is 4.15. The van der Waals surface area contributed by atoms with Crippen LogP contribution in [0.25, 0.3) is 10.2 Å². The van der Waals surface area contributed by atoms with Gasteiger partial charge in [-0.3, -0.25) is 0 Å². The predicted octanol–water partition coefficient (Wildman–Crippen LogP) is 3.74. The third kappa shape index (κ3) is 3.22. The van der Waals surface area contributed by atoms with Crippen molar-refractivity contribution in [2.24, 2.45) is 11.8 Å². The summed E-state index contributed by atoms with van der Waals surface area (Å²) in [5, 5.41) is 6.90. The van der Waals surface area contributed by atoms with E-state index >= 15 is 0 Å². The van der Waals surface area contributed by atoms with Crippen LogP contribution in [-0.2, 0) is 4.74 Å². The molecule has 0 amide bonds. The van der Waals surface area contributed by atoms with Crippen LogP contribution in [0.4, 0.5) is 11.6 Å². The molecule has 7 heteroatoms. The van der Waals surface area contributed by atoms with Gasteiger partial charge in [-0.1, -0.05) is 6.07 Å². The Labute approximate surface area is 169 Å². The first-order valence-corrected chi connectivity index (χ1v) is 10.8. The highest BCUT2D eigenvalue weighted by molar-refractivity contribution is 7.16. The first kappa shape index (κ1) is 17.8. The van der Waals surface area contributed by atoms with Crippen LogP contribution in [0, 0.1) is 18.8 Å². The fourth-order valence-corrected chi connectivity index (χ4v) is 5.63. The molecule has 3 aromatic rings. The SMILES string of the molecule is CO[C@@H]1C[C@H]2CN(c3nc(C)nc4sccc34)C[C@H]2C[C@H]1Nc1ccccn1. The lowest BCUT2D eigenvalue weighted by atomic mass is 9.77. The topological polar surface area (TPSA) is 63.2 Å². The standard InChI is InChI=1S/C21H25N5OS/c1-13-23-20(16-6-8-28-21(16)24-13)26-11-14-9-17(18(27-2)10-15(14)12-26)25-19-5-3-4-7-22-19/h3-8,14-15,17-18H,9-12H2,1-2H3,(H,22,25)/t14-,15+,17-,18-/m1/s1. The van der Waals surface area contributed by atoms with Crippen molar-refractivity contribution in [1.29, 1.82) is 0 Å². The molecule has 0 unspecified atom stereocenters. The van der Waals surface area contributed by atoms with Crippen LogP contribution in [0.2, 0.25) is 0 Å². The number of hydrogen-bond donors (Lipinski definition) is 1. The van der Waals surface area contributed by atoms with Crippen molar-refractivity contribution >= 4 is 33.2 Å². The van der Waals surface area contributed by atoms with Gasteiger partial charge in [0.2, 0.25) is 0 Å². The van der Waals surface area contributed by atoms with Crippen LogP contribution in [-0.4, -0.2) is 47.3 Å². The summed E-state index contributed by atoms with van der Waals surface area (Å²) < 4.78 is 5.87. The maximum Gasteiger partial charge on any atom is 0.141 e. The Morgan fingerprint density at radius 3 is 2.79 bits per heavy atom. The molecule has 5 rings (SSSR count). The highest BCUT2D eigenvalue weighted by Crippen LogP contribution is 2.41. The molecule has 4 atom stereocenters. The van der Waals surface area contributed by atoms with Crippen molar-refractivity contribution < 1.29 is 4.74 Å². The summed E-state index contributed by atoms with van der Waals surface area (Å²) in [6.45, 7) is 4.07. The molecule has 28 heavy (non-hydrogen) atoms. The molecule has 0 bridgehead atoms. The van der Waals surface area contributed by atoms with Gasteiger partial charge in [-0.25, -0.2) is 15.0 Å². The van der Waals surface area contributed by atoms with Crippen LogP contribution in [0.15, 0.2) is 35.8 Å². The third-order valence-electron chi connectivity index (χ3n) is 6.13. The number of aromatic nitrogens is 3. The molecule has 1 N–H and O–H groups in total. The molecule has 146 valence electrons. The van der Waals surface area contributed by atoms with Gasteiger partial charge in [0.25, 0.3) is 0 Å². The van der Waals surface area contributed by atoms with E-state index in [9.17, 15) is 0 Å². The van der Waals surface area contributed by atoms with Crippen LogP contribution >= 0.6 is 11.3 Å². The zero-order valence-corrected chi connectivity index (χ0v) is 17.0. The average molecular weight is 396 g/mol. The fourth-order valence-electron chi connectivity index (χ4n) is 4.82. The number of nitrogens with one attached hydrogen (secondary N) is 1. The van der Waals surface area contributed by atoms with E-state index in [2.05, 4.69) is 31.6 Å². The lowest BCUT2D eigenvalue weighted by Crippen LogP contribution is -2.44. The first-order chi connectivity index (χ1) is 13.7. The van der Waals surface area contributed by atoms with Gasteiger partial charge in [0.05, 0.1) is 17.5 Å². The van der Waals surface area contributed by atoms with Gasteiger partial charge >= 0.3 is 0 Å². The molecule has 1 saturated heterocycles. The normalized spacial score (nSPS) is 27.1. The van der Waals surface area contributed by atoms with E-state index in [4.69, 9.17) is 9.72 Å². The van der Waals surface area contributed by atoms with Crippen molar-refractivity contribution in [3.8, 4) is 0 Å². The van der Waals surface area contributed by atoms with Crippen LogP contribution in [0.5, 0.6) is 0 Å². The molecule has 1 aliphatic heterocycles. The van der Waals surface area contributed by atoms with E-state index in [0.29, 0.717) is 11.8 Å². The Morgan fingerprint density at radius 2 is 2.00 bits per heavy atom. The zero-order valence-electron chi connectivity index (χ0n) is 16.2. The molecule has 1 saturated carbocycles. The second kappa shape index (κ2) is 7.29. The van der Waals surface area contributed by atoms with Gasteiger partial charge in [0.1, 0.15) is 22.3 Å². The van der Waals surface area contributed by atoms with E-state index in [-0.39, 0.29) is 12.1 Å². The Balaban J connectivity index is 1.37. The fraction of sp³-hybridized carbons (Fsp3) is 0.476. The number of ether oxygens (including phenoxy) is 1. The van der Waals surface area contributed by atoms with E-state index in [1.165, 1.54) is 5.39 Å². The summed E-state index contributed by atoms with van der Waals surface area (Å²) in [6.07, 6.45) is 4.19. The highest BCUT2D eigenvalue weighted by atomic mass is 32.1. The Bertz CT molecular complexity index is 962. The molecule has 2 aliphatic rings. The second-order valence-corrected chi connectivity index (χ2v) is 8.76. The highest BCUT2D eigenvalue weighted by Gasteiger charge is 2.43. The molecular weight excluding hydrogens is 370 g/mol. The monoisotopic (exact) mass is 395 g/mol. The van der Waals surface area contributed by atoms with Crippen molar-refractivity contribution in [2.45, 2.75) is 31.9 Å². The molecule has 0 radical (unpaired) electrons. The minimum Gasteiger partial charge on any atom is -0.379 e. The van der Waals surface area contributed by atoms with E-state index in [1.807, 2.05) is 38.4 Å². The number of aryl methyl sites for hydroxylation is 1. The number of rotatable bonds is 4. The second-order valence-electron chi connectivity index (χ2n) is 7.87. The molecule has 6 nitrogen and oxygen atoms in total. The summed E-state index contributed by atoms with van der Waals surface area (Å²) in [4.78, 5) is 17.4. The van der Waals surface area contributed by atoms with Crippen molar-refractivity contribution in [3.63, 3.8) is 0 Å². The number of pyridine rings is 1. The quantitative estimate of drug-likeness (QED) is 0.726. The lowest BCUT2D eigenvalue weighted by Gasteiger charge is -2.37. The Hall–Kier alpha value is -2.25. The maximum atomic E-state index is 5.87. The number of anilines is 2. The summed E-state index contributed by atoms with van der Waals surface area (Å²) in [7, 11) is 1.83. The smallest absolute Gasteiger partial charge is 0.141 e. The molecular formula is C21H25N5OS. The van der Waals surface area contributed by atoms with E-state index in [1.54, 1.807) is 11.3 Å². The summed E-state index contributed by atoms with van der Waals surface area (Å²) in [5.41, 5.74) is 0. The molecule has 0 aromatic carbocycles. The predicted molar refractivity (Wildman–Crippen MR) is 113 cm³/mol. The third-order valence-corrected chi connectivity index (χ3v) is 6.94. The lowest BCUT2D eigenvalue weighted by molar-refractivity contribution is 0.0305. The molecule has 2 fully saturated rings. The summed E-state index contributed by atoms with van der Waals surface area (Å²) in [6, 6.07) is 8.43. The maximum absolute atomic E-state index is 5.87. The molecule has 0 spiro atoms. The van der Waals surface area contributed by atoms with Crippen molar-refractivity contribution in [3.05, 3.63) is 41.7 Å². The van der Waals surface area contributed by atoms with Gasteiger partial charge in [-0.05, 0) is 55.2 Å². The van der Waals surface area contributed by atoms with Gasteiger partial charge in [-0.2, -0.15) is 0 Å². The summed E-state index contributed by atoms with van der Waals surface area (Å²) >= 11 is 1.69. The van der Waals surface area contributed by atoms with Gasteiger partial charge in [0, 0.05) is 26.4 Å². The molecule has 1 aliphatic carbocycles. The van der Waals surface area contributed by atoms with Crippen LogP contribution < -0.4 is 10.2 Å².